The van der Waals surface area contributed by atoms with E-state index in [4.69, 9.17) is 19.4 Å². The normalized spacial score (nSPS) is 28.6. The van der Waals surface area contributed by atoms with Crippen LogP contribution in [0.15, 0.2) is 17.1 Å². The second-order valence-corrected chi connectivity index (χ2v) is 16.2. The molecule has 1 amide bonds. The minimum Gasteiger partial charge on any atom is -0.487 e. The molecule has 19 heteroatoms. The van der Waals surface area contributed by atoms with Gasteiger partial charge in [0, 0.05) is 45.8 Å². The number of pyridine rings is 1. The molecule has 0 spiro atoms. The van der Waals surface area contributed by atoms with E-state index >= 15 is 0 Å². The van der Waals surface area contributed by atoms with Crippen LogP contribution in [-0.4, -0.2) is 171 Å². The highest BCUT2D eigenvalue weighted by Gasteiger charge is 2.48. The predicted molar refractivity (Wildman–Crippen MR) is 212 cm³/mol. The number of aromatic nitrogens is 1. The summed E-state index contributed by atoms with van der Waals surface area (Å²) < 4.78 is 28.3. The number of anilines is 1. The Morgan fingerprint density at radius 2 is 1.70 bits per heavy atom. The van der Waals surface area contributed by atoms with Gasteiger partial charge in [-0.25, -0.2) is 9.18 Å². The van der Waals surface area contributed by atoms with Gasteiger partial charge in [0.15, 0.2) is 11.6 Å². The number of aliphatic hydroxyl groups excluding tert-OH is 4. The Hall–Kier alpha value is -3.56. The van der Waals surface area contributed by atoms with E-state index in [-0.39, 0.29) is 35.5 Å². The minimum atomic E-state index is -1.42. The average Bonchev–Trinajstić information content (AvgIpc) is 3.52. The fourth-order valence-corrected chi connectivity index (χ4v) is 8.50. The van der Waals surface area contributed by atoms with Crippen molar-refractivity contribution in [3.05, 3.63) is 33.9 Å². The van der Waals surface area contributed by atoms with Crippen LogP contribution in [0.25, 0.3) is 10.9 Å². The lowest BCUT2D eigenvalue weighted by Crippen LogP contribution is -2.65. The summed E-state index contributed by atoms with van der Waals surface area (Å²) in [5.74, 6) is -2.13. The molecule has 2 aromatic rings. The zero-order chi connectivity index (χ0) is 42.5. The van der Waals surface area contributed by atoms with Crippen molar-refractivity contribution in [1.29, 1.82) is 0 Å². The number of benzene rings is 1. The van der Waals surface area contributed by atoms with Crippen molar-refractivity contribution in [3.8, 4) is 5.75 Å². The summed E-state index contributed by atoms with van der Waals surface area (Å²) in [6.45, 7) is 10.6. The van der Waals surface area contributed by atoms with Gasteiger partial charge in [-0.15, -0.1) is 11.8 Å². The van der Waals surface area contributed by atoms with Crippen molar-refractivity contribution in [1.82, 2.24) is 19.7 Å². The van der Waals surface area contributed by atoms with Gasteiger partial charge in [-0.2, -0.15) is 0 Å². The van der Waals surface area contributed by atoms with Gasteiger partial charge in [-0.3, -0.25) is 19.3 Å². The molecule has 320 valence electrons. The van der Waals surface area contributed by atoms with Crippen molar-refractivity contribution in [2.75, 3.05) is 64.6 Å². The summed E-state index contributed by atoms with van der Waals surface area (Å²) in [6, 6.07) is -0.202. The largest absolute Gasteiger partial charge is 0.487 e. The predicted octanol–water partition coefficient (Wildman–Crippen LogP) is 0.778. The van der Waals surface area contributed by atoms with Crippen molar-refractivity contribution < 1.29 is 58.9 Å². The van der Waals surface area contributed by atoms with Crippen LogP contribution in [0.1, 0.15) is 63.4 Å². The van der Waals surface area contributed by atoms with Gasteiger partial charge in [-0.05, 0) is 59.0 Å². The molecule has 3 saturated heterocycles. The molecule has 3 fully saturated rings. The van der Waals surface area contributed by atoms with Crippen LogP contribution in [0, 0.1) is 11.7 Å². The molecule has 0 saturated carbocycles. The molecule has 6 rings (SSSR count). The number of amides is 1. The van der Waals surface area contributed by atoms with Gasteiger partial charge in [0.05, 0.1) is 35.1 Å². The third-order valence-electron chi connectivity index (χ3n) is 10.8. The number of piperazine rings is 1. The van der Waals surface area contributed by atoms with Crippen LogP contribution < -0.4 is 20.4 Å². The second-order valence-electron chi connectivity index (χ2n) is 15.3. The topological polar surface area (TPSA) is 235 Å². The van der Waals surface area contributed by atoms with Crippen LogP contribution in [0.3, 0.4) is 0 Å². The van der Waals surface area contributed by atoms with Crippen LogP contribution in [0.4, 0.5) is 10.1 Å². The summed E-state index contributed by atoms with van der Waals surface area (Å²) >= 11 is 1.20. The molecule has 7 N–H and O–H groups in total. The summed E-state index contributed by atoms with van der Waals surface area (Å²) in [5.41, 5.74) is -0.979. The molecule has 0 radical (unpaired) electrons. The molecule has 0 bridgehead atoms. The number of halogens is 1. The Kier molecular flexibility index (Phi) is 16.1. The summed E-state index contributed by atoms with van der Waals surface area (Å²) in [7, 11) is 3.93. The summed E-state index contributed by atoms with van der Waals surface area (Å²) in [4.78, 5) is 51.9. The first-order chi connectivity index (χ1) is 26.8. The van der Waals surface area contributed by atoms with Crippen LogP contribution in [0.5, 0.6) is 5.75 Å². The highest BCUT2D eigenvalue weighted by Crippen LogP contribution is 2.42. The van der Waals surface area contributed by atoms with Crippen molar-refractivity contribution >= 4 is 46.2 Å². The van der Waals surface area contributed by atoms with Crippen LogP contribution in [0.2, 0.25) is 0 Å². The lowest BCUT2D eigenvalue weighted by molar-refractivity contribution is -0.211. The first-order valence-electron chi connectivity index (χ1n) is 19.1. The Labute approximate surface area is 335 Å². The molecule has 1 unspecified atom stereocenters. The molecule has 4 aliphatic rings. The van der Waals surface area contributed by atoms with Crippen molar-refractivity contribution in [2.45, 2.75) is 101 Å². The number of nitrogens with one attached hydrogen (secondary N) is 1. The van der Waals surface area contributed by atoms with E-state index in [0.29, 0.717) is 36.0 Å². The number of carboxylic acid groups (broad SMARTS) is 2. The molecule has 1 aromatic heterocycles. The number of carboxylic acids is 2. The minimum absolute atomic E-state index is 0.0434. The van der Waals surface area contributed by atoms with Gasteiger partial charge < -0.3 is 59.8 Å². The van der Waals surface area contributed by atoms with E-state index in [2.05, 4.69) is 17.1 Å². The number of nitrogens with zero attached hydrogens (tertiary/aromatic N) is 4. The number of carbonyl (C=O) groups is 3. The molecule has 57 heavy (non-hydrogen) atoms. The smallest absolute Gasteiger partial charge is 0.341 e. The molecule has 0 aliphatic carbocycles. The first-order valence-corrected chi connectivity index (χ1v) is 20.4. The Bertz CT molecular complexity index is 1790. The van der Waals surface area contributed by atoms with E-state index in [9.17, 15) is 44.3 Å². The molecular formula is C38H58FN5O12S. The maximum absolute atomic E-state index is 15.0. The fourth-order valence-electron chi connectivity index (χ4n) is 7.82. The molecule has 10 atom stereocenters. The van der Waals surface area contributed by atoms with Gasteiger partial charge in [0.1, 0.15) is 47.7 Å². The summed E-state index contributed by atoms with van der Waals surface area (Å²) in [5, 5.41) is 60.3. The van der Waals surface area contributed by atoms with Crippen LogP contribution >= 0.6 is 11.8 Å². The van der Waals surface area contributed by atoms with E-state index in [1.54, 1.807) is 10.8 Å². The zero-order valence-corrected chi connectivity index (χ0v) is 34.3. The SMILES string of the molecule is CC(=O)O.CCC[C@@H]1CC(C(=O)N[C@@H]([C@H]2O[C@H](SC)[C@H](O)[C@@H](O)[C@H]2O)[C@@H](C)O)N(C)C1.C[C@H]1COc2c(N3CCN(C)CC3)c(F)cc3c(=O)c(C(=O)O)cn1c23. The third kappa shape index (κ3) is 10.6. The van der Waals surface area contributed by atoms with Gasteiger partial charge in [0.2, 0.25) is 11.3 Å². The quantitative estimate of drug-likeness (QED) is 0.185. The zero-order valence-electron chi connectivity index (χ0n) is 33.5. The monoisotopic (exact) mass is 827 g/mol. The highest BCUT2D eigenvalue weighted by atomic mass is 32.2. The molecule has 4 aliphatic heterocycles. The highest BCUT2D eigenvalue weighted by molar-refractivity contribution is 7.99. The lowest BCUT2D eigenvalue weighted by Gasteiger charge is -2.44. The van der Waals surface area contributed by atoms with Gasteiger partial charge in [0.25, 0.3) is 5.97 Å². The fraction of sp³-hybridized carbons (Fsp3) is 0.684. The number of hydrogen-bond donors (Lipinski definition) is 7. The standard InChI is InChI=1S/C18H20FN3O4.C18H34N2O6S.C2H4O2/c1-10-9-26-17-14-11(16(23)12(18(24)25)8-22(10)14)7-13(19)15(17)21-5-3-20(2)4-6-21;1-5-6-10-7-11(20(3)8-10)17(25)19-12(9(2)21)16-14(23)13(22)15(24)18(26-16)27-4;1-2(3)4/h7-8,10H,3-6,9H2,1-2H3,(H,24,25);9-16,18,21-24H,5-8H2,1-4H3,(H,19,25);1H3,(H,3,4)/t10-;9-,10-,11?,12-,13+,14-,15-,16-,18-;/m01./s1. The number of carbonyl (C=O) groups excluding carboxylic acids is 1. The van der Waals surface area contributed by atoms with E-state index in [1.807, 2.05) is 30.8 Å². The van der Waals surface area contributed by atoms with Gasteiger partial charge in [-0.1, -0.05) is 13.3 Å². The summed E-state index contributed by atoms with van der Waals surface area (Å²) in [6.07, 6.45) is -0.153. The number of likely N-dealkylation sites (N-methyl/N-ethyl adjacent to an activating group) is 2. The number of rotatable bonds is 9. The van der Waals surface area contributed by atoms with E-state index in [0.717, 1.165) is 51.9 Å². The Balaban J connectivity index is 0.000000231. The average molecular weight is 828 g/mol. The number of ether oxygens (including phenoxy) is 2. The Morgan fingerprint density at radius 1 is 1.07 bits per heavy atom. The maximum atomic E-state index is 15.0. The maximum Gasteiger partial charge on any atom is 0.341 e. The van der Waals surface area contributed by atoms with Crippen molar-refractivity contribution in [3.63, 3.8) is 0 Å². The third-order valence-corrected chi connectivity index (χ3v) is 11.7. The number of likely N-dealkylation sites (tertiary alicyclic amines) is 1. The molecular weight excluding hydrogens is 770 g/mol. The second kappa shape index (κ2) is 19.9. The number of aromatic carboxylic acids is 1. The number of hydrogen-bond acceptors (Lipinski definition) is 14. The van der Waals surface area contributed by atoms with E-state index in [1.165, 1.54) is 24.9 Å². The van der Waals surface area contributed by atoms with Crippen molar-refractivity contribution in [2.24, 2.45) is 5.92 Å². The molecule has 5 heterocycles. The first kappa shape index (κ1) is 46.1. The van der Waals surface area contributed by atoms with Crippen LogP contribution in [-0.2, 0) is 14.3 Å². The number of aliphatic carboxylic acids is 1. The lowest BCUT2D eigenvalue weighted by atomic mass is 9.92. The molecule has 1 aromatic carbocycles. The molecule has 17 nitrogen and oxygen atoms in total. The van der Waals surface area contributed by atoms with E-state index < -0.39 is 65.2 Å². The Morgan fingerprint density at radius 3 is 2.26 bits per heavy atom. The number of aliphatic hydroxyl groups is 4. The number of thioether (sulfide) groups is 1. The van der Waals surface area contributed by atoms with Gasteiger partial charge >= 0.3 is 5.97 Å².